The maximum Gasteiger partial charge on any atom is 0.267 e. The quantitative estimate of drug-likeness (QED) is 0.826. The van der Waals surface area contributed by atoms with Crippen LogP contribution in [0.4, 0.5) is 5.69 Å². The number of nitrogens with zero attached hydrogens (tertiary/aromatic N) is 1. The number of hydrogen-bond acceptors (Lipinski definition) is 2. The molecule has 2 aromatic carbocycles. The number of carbonyl (C=O) groups excluding carboxylic acids is 1. The van der Waals surface area contributed by atoms with Crippen molar-refractivity contribution in [1.82, 2.24) is 0 Å². The lowest BCUT2D eigenvalue weighted by Crippen LogP contribution is -2.38. The van der Waals surface area contributed by atoms with Gasteiger partial charge in [-0.05, 0) is 36.6 Å². The highest BCUT2D eigenvalue weighted by Gasteiger charge is 2.21. The van der Waals surface area contributed by atoms with E-state index in [9.17, 15) is 4.79 Å². The minimum atomic E-state index is -0.537. The molecule has 3 heteroatoms. The van der Waals surface area contributed by atoms with Crippen molar-refractivity contribution in [1.29, 1.82) is 0 Å². The van der Waals surface area contributed by atoms with Crippen molar-refractivity contribution in [3.05, 3.63) is 60.2 Å². The first-order valence-electron chi connectivity index (χ1n) is 7.59. The first-order chi connectivity index (χ1) is 10.5. The number of carbonyl (C=O) groups is 1. The highest BCUT2D eigenvalue weighted by Crippen LogP contribution is 2.27. The molecule has 0 unspecified atom stereocenters. The molecule has 0 fully saturated rings. The molecule has 2 rings (SSSR count). The third kappa shape index (κ3) is 3.67. The minimum absolute atomic E-state index is 0.0650. The van der Waals surface area contributed by atoms with Crippen LogP contribution in [0, 0.1) is 0 Å². The number of para-hydroxylation sites is 2. The Morgan fingerprint density at radius 1 is 0.955 bits per heavy atom. The summed E-state index contributed by atoms with van der Waals surface area (Å²) >= 11 is 0. The number of hydrogen-bond donors (Lipinski definition) is 0. The average Bonchev–Trinajstić information content (AvgIpc) is 2.54. The van der Waals surface area contributed by atoms with E-state index in [0.29, 0.717) is 5.92 Å². The van der Waals surface area contributed by atoms with Gasteiger partial charge in [-0.1, -0.05) is 50.2 Å². The summed E-state index contributed by atoms with van der Waals surface area (Å²) < 4.78 is 5.92. The minimum Gasteiger partial charge on any atom is -0.481 e. The van der Waals surface area contributed by atoms with Gasteiger partial charge in [0.15, 0.2) is 6.10 Å². The third-order valence-electron chi connectivity index (χ3n) is 3.67. The van der Waals surface area contributed by atoms with E-state index < -0.39 is 6.10 Å². The van der Waals surface area contributed by atoms with Crippen LogP contribution >= 0.6 is 0 Å². The van der Waals surface area contributed by atoms with Gasteiger partial charge >= 0.3 is 0 Å². The highest BCUT2D eigenvalue weighted by atomic mass is 16.5. The molecule has 0 heterocycles. The van der Waals surface area contributed by atoms with Crippen molar-refractivity contribution in [3.63, 3.8) is 0 Å². The zero-order valence-electron chi connectivity index (χ0n) is 13.6. The second kappa shape index (κ2) is 7.12. The Morgan fingerprint density at radius 2 is 1.55 bits per heavy atom. The van der Waals surface area contributed by atoms with Gasteiger partial charge in [-0.15, -0.1) is 0 Å². The SMILES string of the molecule is CC(C)c1ccccc1O[C@@H](C)C(=O)N(C)c1ccccc1. The molecule has 2 aromatic rings. The maximum atomic E-state index is 12.5. The Morgan fingerprint density at radius 3 is 2.18 bits per heavy atom. The van der Waals surface area contributed by atoms with Gasteiger partial charge in [0.2, 0.25) is 0 Å². The molecule has 0 aromatic heterocycles. The lowest BCUT2D eigenvalue weighted by atomic mass is 10.0. The van der Waals surface area contributed by atoms with Crippen LogP contribution in [0.5, 0.6) is 5.75 Å². The Kier molecular flexibility index (Phi) is 5.21. The van der Waals surface area contributed by atoms with Crippen LogP contribution in [-0.2, 0) is 4.79 Å². The van der Waals surface area contributed by atoms with E-state index in [-0.39, 0.29) is 5.91 Å². The van der Waals surface area contributed by atoms with Gasteiger partial charge in [0.05, 0.1) is 0 Å². The van der Waals surface area contributed by atoms with E-state index in [0.717, 1.165) is 17.0 Å². The van der Waals surface area contributed by atoms with Crippen LogP contribution < -0.4 is 9.64 Å². The van der Waals surface area contributed by atoms with E-state index in [2.05, 4.69) is 13.8 Å². The summed E-state index contributed by atoms with van der Waals surface area (Å²) in [5, 5.41) is 0. The van der Waals surface area contributed by atoms with Crippen LogP contribution in [0.2, 0.25) is 0 Å². The summed E-state index contributed by atoms with van der Waals surface area (Å²) in [5.74, 6) is 1.06. The topological polar surface area (TPSA) is 29.5 Å². The molecule has 0 aliphatic heterocycles. The summed E-state index contributed by atoms with van der Waals surface area (Å²) in [7, 11) is 1.77. The largest absolute Gasteiger partial charge is 0.481 e. The Balaban J connectivity index is 2.12. The standard InChI is InChI=1S/C19H23NO2/c1-14(2)17-12-8-9-13-18(17)22-15(3)19(21)20(4)16-10-6-5-7-11-16/h5-15H,1-4H3/t15-/m0/s1. The van der Waals surface area contributed by atoms with Crippen molar-refractivity contribution in [2.75, 3.05) is 11.9 Å². The predicted molar refractivity (Wildman–Crippen MR) is 90.5 cm³/mol. The first-order valence-corrected chi connectivity index (χ1v) is 7.59. The molecule has 0 spiro atoms. The first kappa shape index (κ1) is 16.1. The van der Waals surface area contributed by atoms with Gasteiger partial charge in [-0.25, -0.2) is 0 Å². The lowest BCUT2D eigenvalue weighted by molar-refractivity contribution is -0.124. The van der Waals surface area contributed by atoms with Gasteiger partial charge in [0.25, 0.3) is 5.91 Å². The van der Waals surface area contributed by atoms with Crippen LogP contribution in [-0.4, -0.2) is 19.1 Å². The number of likely N-dealkylation sites (N-methyl/N-ethyl adjacent to an activating group) is 1. The van der Waals surface area contributed by atoms with Gasteiger partial charge < -0.3 is 9.64 Å². The number of amides is 1. The number of benzene rings is 2. The van der Waals surface area contributed by atoms with E-state index in [4.69, 9.17) is 4.74 Å². The monoisotopic (exact) mass is 297 g/mol. The van der Waals surface area contributed by atoms with Crippen molar-refractivity contribution in [2.24, 2.45) is 0 Å². The zero-order chi connectivity index (χ0) is 16.1. The second-order valence-corrected chi connectivity index (χ2v) is 5.69. The number of rotatable bonds is 5. The summed E-state index contributed by atoms with van der Waals surface area (Å²) in [5.41, 5.74) is 1.98. The molecule has 116 valence electrons. The molecule has 0 N–H and O–H groups in total. The number of ether oxygens (including phenoxy) is 1. The molecule has 0 saturated heterocycles. The predicted octanol–water partition coefficient (Wildman–Crippen LogP) is 4.24. The maximum absolute atomic E-state index is 12.5. The normalized spacial score (nSPS) is 12.0. The molecular weight excluding hydrogens is 274 g/mol. The lowest BCUT2D eigenvalue weighted by Gasteiger charge is -2.23. The van der Waals surface area contributed by atoms with Crippen LogP contribution in [0.15, 0.2) is 54.6 Å². The van der Waals surface area contributed by atoms with Gasteiger partial charge in [0, 0.05) is 12.7 Å². The summed E-state index contributed by atoms with van der Waals surface area (Å²) in [6.45, 7) is 6.02. The molecular formula is C19H23NO2. The summed E-state index contributed by atoms with van der Waals surface area (Å²) in [6, 6.07) is 17.5. The molecule has 0 aliphatic rings. The van der Waals surface area contributed by atoms with Crippen molar-refractivity contribution in [3.8, 4) is 5.75 Å². The molecule has 0 saturated carbocycles. The molecule has 1 atom stereocenters. The van der Waals surface area contributed by atoms with Crippen molar-refractivity contribution in [2.45, 2.75) is 32.8 Å². The smallest absolute Gasteiger partial charge is 0.267 e. The van der Waals surface area contributed by atoms with E-state index in [1.54, 1.807) is 18.9 Å². The van der Waals surface area contributed by atoms with Gasteiger partial charge in [0.1, 0.15) is 5.75 Å². The fraction of sp³-hybridized carbons (Fsp3) is 0.316. The Hall–Kier alpha value is -2.29. The second-order valence-electron chi connectivity index (χ2n) is 5.69. The van der Waals surface area contributed by atoms with Gasteiger partial charge in [-0.2, -0.15) is 0 Å². The molecule has 22 heavy (non-hydrogen) atoms. The highest BCUT2D eigenvalue weighted by molar-refractivity contribution is 5.96. The van der Waals surface area contributed by atoms with E-state index in [1.807, 2.05) is 54.6 Å². The number of anilines is 1. The average molecular weight is 297 g/mol. The molecule has 1 amide bonds. The van der Waals surface area contributed by atoms with Gasteiger partial charge in [-0.3, -0.25) is 4.79 Å². The Labute approximate surface area is 132 Å². The van der Waals surface area contributed by atoms with E-state index in [1.165, 1.54) is 0 Å². The summed E-state index contributed by atoms with van der Waals surface area (Å²) in [4.78, 5) is 14.2. The van der Waals surface area contributed by atoms with Crippen molar-refractivity contribution >= 4 is 11.6 Å². The van der Waals surface area contributed by atoms with Crippen LogP contribution in [0.3, 0.4) is 0 Å². The fourth-order valence-electron chi connectivity index (χ4n) is 2.36. The third-order valence-corrected chi connectivity index (χ3v) is 3.67. The van der Waals surface area contributed by atoms with Crippen molar-refractivity contribution < 1.29 is 9.53 Å². The molecule has 0 radical (unpaired) electrons. The molecule has 0 aliphatic carbocycles. The zero-order valence-corrected chi connectivity index (χ0v) is 13.6. The summed E-state index contributed by atoms with van der Waals surface area (Å²) in [6.07, 6.45) is -0.537. The molecule has 0 bridgehead atoms. The van der Waals surface area contributed by atoms with E-state index >= 15 is 0 Å². The van der Waals surface area contributed by atoms with Crippen LogP contribution in [0.1, 0.15) is 32.3 Å². The Bertz CT molecular complexity index is 622. The van der Waals surface area contributed by atoms with Crippen LogP contribution in [0.25, 0.3) is 0 Å². The fourth-order valence-corrected chi connectivity index (χ4v) is 2.36. The molecule has 3 nitrogen and oxygen atoms in total.